The molecule has 4 rings (SSSR count). The highest BCUT2D eigenvalue weighted by molar-refractivity contribution is 6.35. The number of piperazine rings is 1. The summed E-state index contributed by atoms with van der Waals surface area (Å²) < 4.78 is 5.50. The Morgan fingerprint density at radius 2 is 1.81 bits per heavy atom. The number of nitrogens with zero attached hydrogens (tertiary/aromatic N) is 2. The molecule has 42 heavy (non-hydrogen) atoms. The highest BCUT2D eigenvalue weighted by atomic mass is 35.5. The van der Waals surface area contributed by atoms with E-state index in [1.54, 1.807) is 39.0 Å². The lowest BCUT2D eigenvalue weighted by atomic mass is 10.00. The van der Waals surface area contributed by atoms with Gasteiger partial charge in [-0.1, -0.05) is 71.7 Å². The summed E-state index contributed by atoms with van der Waals surface area (Å²) in [5.41, 5.74) is 7.21. The summed E-state index contributed by atoms with van der Waals surface area (Å²) in [6, 6.07) is 19.3. The van der Waals surface area contributed by atoms with Crippen LogP contribution in [0.1, 0.15) is 44.7 Å². The van der Waals surface area contributed by atoms with Crippen LogP contribution in [0.2, 0.25) is 10.0 Å². The molecule has 2 amide bonds. The first-order valence-electron chi connectivity index (χ1n) is 14.7. The number of carbonyl (C=O) groups is 2. The third-order valence-electron chi connectivity index (χ3n) is 7.55. The topological polar surface area (TPSA) is 87.9 Å². The molecule has 0 aromatic heterocycles. The molecule has 1 saturated heterocycles. The second-order valence-electron chi connectivity index (χ2n) is 12.0. The molecule has 2 atom stereocenters. The van der Waals surface area contributed by atoms with Crippen LogP contribution >= 0.6 is 23.2 Å². The van der Waals surface area contributed by atoms with Crippen molar-refractivity contribution in [2.75, 3.05) is 32.7 Å². The molecular formula is C33H42Cl2N4O3. The Bertz CT molecular complexity index is 1380. The maximum atomic E-state index is 14.1. The number of alkyl carbamates (subject to hydrolysis) is 1. The molecular weight excluding hydrogens is 571 g/mol. The minimum Gasteiger partial charge on any atom is -0.444 e. The lowest BCUT2D eigenvalue weighted by Crippen LogP contribution is -2.60. The molecule has 3 N–H and O–H groups in total. The van der Waals surface area contributed by atoms with Crippen molar-refractivity contribution in [2.45, 2.75) is 64.1 Å². The van der Waals surface area contributed by atoms with Gasteiger partial charge in [-0.05, 0) is 80.6 Å². The molecule has 0 radical (unpaired) electrons. The second kappa shape index (κ2) is 14.6. The van der Waals surface area contributed by atoms with Gasteiger partial charge in [-0.2, -0.15) is 0 Å². The minimum atomic E-state index is -0.844. The van der Waals surface area contributed by atoms with Crippen molar-refractivity contribution in [3.63, 3.8) is 0 Å². The summed E-state index contributed by atoms with van der Waals surface area (Å²) in [6.07, 6.45) is 2.11. The first-order chi connectivity index (χ1) is 20.0. The Labute approximate surface area is 259 Å². The molecule has 9 heteroatoms. The number of benzene rings is 3. The molecule has 1 aliphatic rings. The SMILES string of the molecule is CC(C)(C)OC(=O)N[C@H](Cc1ccc(Cl)cc1Cl)C(=O)N1CCN(CCc2ccc3ccccc3c2)C[C@@H]1CCCN. The number of carbonyl (C=O) groups excluding carboxylic acids is 2. The molecule has 226 valence electrons. The van der Waals surface area contributed by atoms with Gasteiger partial charge in [-0.25, -0.2) is 4.79 Å². The second-order valence-corrected chi connectivity index (χ2v) is 12.8. The Morgan fingerprint density at radius 1 is 1.05 bits per heavy atom. The van der Waals surface area contributed by atoms with Crippen LogP contribution in [0.3, 0.4) is 0 Å². The fraction of sp³-hybridized carbons (Fsp3) is 0.455. The summed E-state index contributed by atoms with van der Waals surface area (Å²) in [5.74, 6) is -0.150. The highest BCUT2D eigenvalue weighted by Crippen LogP contribution is 2.24. The molecule has 3 aromatic carbocycles. The van der Waals surface area contributed by atoms with Crippen molar-refractivity contribution < 1.29 is 14.3 Å². The molecule has 3 aromatic rings. The smallest absolute Gasteiger partial charge is 0.408 e. The first kappa shape index (κ1) is 32.1. The van der Waals surface area contributed by atoms with Gasteiger partial charge in [-0.3, -0.25) is 9.69 Å². The van der Waals surface area contributed by atoms with E-state index in [0.717, 1.165) is 44.5 Å². The minimum absolute atomic E-state index is 0.0185. The van der Waals surface area contributed by atoms with Crippen molar-refractivity contribution in [3.05, 3.63) is 81.8 Å². The van der Waals surface area contributed by atoms with Gasteiger partial charge in [0.25, 0.3) is 0 Å². The number of hydrogen-bond acceptors (Lipinski definition) is 5. The predicted octanol–water partition coefficient (Wildman–Crippen LogP) is 6.08. The lowest BCUT2D eigenvalue weighted by molar-refractivity contribution is -0.138. The van der Waals surface area contributed by atoms with Crippen LogP contribution in [0.15, 0.2) is 60.7 Å². The largest absolute Gasteiger partial charge is 0.444 e. The summed E-state index contributed by atoms with van der Waals surface area (Å²) in [4.78, 5) is 31.2. The summed E-state index contributed by atoms with van der Waals surface area (Å²) in [5, 5.41) is 6.27. The number of amides is 2. The van der Waals surface area contributed by atoms with E-state index in [0.29, 0.717) is 23.1 Å². The van der Waals surface area contributed by atoms with E-state index in [1.807, 2.05) is 4.90 Å². The van der Waals surface area contributed by atoms with E-state index in [4.69, 9.17) is 33.7 Å². The van der Waals surface area contributed by atoms with Crippen LogP contribution in [-0.4, -0.2) is 72.2 Å². The van der Waals surface area contributed by atoms with Gasteiger partial charge < -0.3 is 20.7 Å². The van der Waals surface area contributed by atoms with Gasteiger partial charge in [0.2, 0.25) is 5.91 Å². The third-order valence-corrected chi connectivity index (χ3v) is 8.14. The van der Waals surface area contributed by atoms with Crippen molar-refractivity contribution in [1.29, 1.82) is 0 Å². The van der Waals surface area contributed by atoms with Crippen LogP contribution in [0, 0.1) is 0 Å². The van der Waals surface area contributed by atoms with Crippen molar-refractivity contribution in [2.24, 2.45) is 5.73 Å². The zero-order valence-corrected chi connectivity index (χ0v) is 26.3. The van der Waals surface area contributed by atoms with Gasteiger partial charge in [-0.15, -0.1) is 0 Å². The standard InChI is InChI=1S/C33H42Cl2N4O3/c1-33(2,3)42-32(41)37-30(20-26-12-13-27(34)21-29(26)35)31(40)39-18-17-38(22-28(39)9-6-15-36)16-14-23-10-11-24-7-4-5-8-25(24)19-23/h4-5,7-8,10-13,19,21,28,30H,6,9,14-18,20,22,36H2,1-3H3,(H,37,41)/t28-,30+/m0/s1. The predicted molar refractivity (Wildman–Crippen MR) is 171 cm³/mol. The number of rotatable bonds is 10. The van der Waals surface area contributed by atoms with E-state index < -0.39 is 17.7 Å². The van der Waals surface area contributed by atoms with Crippen LogP contribution in [-0.2, 0) is 22.4 Å². The third kappa shape index (κ3) is 9.08. The summed E-state index contributed by atoms with van der Waals surface area (Å²) in [6.45, 7) is 8.89. The number of nitrogens with one attached hydrogen (secondary N) is 1. The van der Waals surface area contributed by atoms with E-state index in [1.165, 1.54) is 16.3 Å². The average Bonchev–Trinajstić information content (AvgIpc) is 2.94. The molecule has 0 saturated carbocycles. The van der Waals surface area contributed by atoms with Gasteiger partial charge in [0.15, 0.2) is 0 Å². The van der Waals surface area contributed by atoms with Crippen LogP contribution < -0.4 is 11.1 Å². The maximum absolute atomic E-state index is 14.1. The number of nitrogens with two attached hydrogens (primary N) is 1. The Hall–Kier alpha value is -2.84. The molecule has 0 spiro atoms. The Morgan fingerprint density at radius 3 is 2.52 bits per heavy atom. The van der Waals surface area contributed by atoms with E-state index in [2.05, 4.69) is 52.7 Å². The first-order valence-corrected chi connectivity index (χ1v) is 15.4. The number of ether oxygens (including phenoxy) is 1. The van der Waals surface area contributed by atoms with Gasteiger partial charge in [0.1, 0.15) is 11.6 Å². The Kier molecular flexibility index (Phi) is 11.1. The molecule has 1 heterocycles. The molecule has 0 bridgehead atoms. The molecule has 0 unspecified atom stereocenters. The van der Waals surface area contributed by atoms with Crippen molar-refractivity contribution in [3.8, 4) is 0 Å². The molecule has 1 aliphatic heterocycles. The van der Waals surface area contributed by atoms with Crippen LogP contribution in [0.25, 0.3) is 10.8 Å². The number of hydrogen-bond donors (Lipinski definition) is 2. The normalized spacial score (nSPS) is 16.8. The number of fused-ring (bicyclic) bond motifs is 1. The van der Waals surface area contributed by atoms with Crippen LogP contribution in [0.4, 0.5) is 4.79 Å². The van der Waals surface area contributed by atoms with Crippen molar-refractivity contribution in [1.82, 2.24) is 15.1 Å². The zero-order valence-electron chi connectivity index (χ0n) is 24.7. The summed E-state index contributed by atoms with van der Waals surface area (Å²) in [7, 11) is 0. The molecule has 7 nitrogen and oxygen atoms in total. The molecule has 0 aliphatic carbocycles. The van der Waals surface area contributed by atoms with Gasteiger partial charge in [0, 0.05) is 48.7 Å². The maximum Gasteiger partial charge on any atom is 0.408 e. The quantitative estimate of drug-likeness (QED) is 0.290. The fourth-order valence-corrected chi connectivity index (χ4v) is 5.94. The van der Waals surface area contributed by atoms with Crippen LogP contribution in [0.5, 0.6) is 0 Å². The lowest BCUT2D eigenvalue weighted by Gasteiger charge is -2.43. The Balaban J connectivity index is 1.47. The van der Waals surface area contributed by atoms with Gasteiger partial charge in [0.05, 0.1) is 0 Å². The van der Waals surface area contributed by atoms with E-state index in [-0.39, 0.29) is 18.4 Å². The zero-order chi connectivity index (χ0) is 30.3. The number of halogens is 2. The van der Waals surface area contributed by atoms with E-state index >= 15 is 0 Å². The monoisotopic (exact) mass is 612 g/mol. The fourth-order valence-electron chi connectivity index (χ4n) is 5.45. The highest BCUT2D eigenvalue weighted by Gasteiger charge is 2.35. The van der Waals surface area contributed by atoms with E-state index in [9.17, 15) is 9.59 Å². The average molecular weight is 614 g/mol. The van der Waals surface area contributed by atoms with Crippen molar-refractivity contribution >= 4 is 46.0 Å². The molecule has 1 fully saturated rings. The van der Waals surface area contributed by atoms with Gasteiger partial charge >= 0.3 is 6.09 Å². The summed E-state index contributed by atoms with van der Waals surface area (Å²) >= 11 is 12.6.